The Morgan fingerprint density at radius 3 is 2.09 bits per heavy atom. The predicted octanol–water partition coefficient (Wildman–Crippen LogP) is 2.81. The molecule has 1 fully saturated rings. The second-order valence-electron chi connectivity index (χ2n) is 5.97. The topological polar surface area (TPSA) is 40.6 Å². The summed E-state index contributed by atoms with van der Waals surface area (Å²) in [6.45, 7) is 6.68. The third-order valence-electron chi connectivity index (χ3n) is 4.48. The molecule has 0 unspecified atom stereocenters. The van der Waals surface area contributed by atoms with Gasteiger partial charge < -0.3 is 4.90 Å². The van der Waals surface area contributed by atoms with E-state index in [1.54, 1.807) is 28.6 Å². The minimum absolute atomic E-state index is 0.375. The van der Waals surface area contributed by atoms with Gasteiger partial charge in [0.1, 0.15) is 0 Å². The lowest BCUT2D eigenvalue weighted by Gasteiger charge is -2.35. The van der Waals surface area contributed by atoms with Gasteiger partial charge in [-0.05, 0) is 49.2 Å². The van der Waals surface area contributed by atoms with Gasteiger partial charge >= 0.3 is 0 Å². The number of hydrogen-bond acceptors (Lipinski definition) is 3. The summed E-state index contributed by atoms with van der Waals surface area (Å²) in [6.07, 6.45) is 0. The zero-order chi connectivity index (χ0) is 16.4. The molecular weight excluding hydrogens is 308 g/mol. The molecule has 4 nitrogen and oxygen atoms in total. The summed E-state index contributed by atoms with van der Waals surface area (Å²) in [6, 6.07) is 15.1. The maximum atomic E-state index is 12.6. The summed E-state index contributed by atoms with van der Waals surface area (Å²) in [5.74, 6) is 0. The van der Waals surface area contributed by atoms with Crippen molar-refractivity contribution in [3.8, 4) is 0 Å². The first-order valence-corrected chi connectivity index (χ1v) is 9.30. The van der Waals surface area contributed by atoms with Gasteiger partial charge in [0, 0.05) is 31.9 Å². The van der Waals surface area contributed by atoms with E-state index in [1.165, 1.54) is 16.8 Å². The average Bonchev–Trinajstić information content (AvgIpc) is 2.58. The lowest BCUT2D eigenvalue weighted by atomic mass is 10.1. The van der Waals surface area contributed by atoms with Crippen LogP contribution in [-0.4, -0.2) is 38.9 Å². The molecule has 0 radical (unpaired) electrons. The van der Waals surface area contributed by atoms with Gasteiger partial charge in [-0.15, -0.1) is 0 Å². The molecule has 1 aliphatic rings. The van der Waals surface area contributed by atoms with Crippen LogP contribution in [0.25, 0.3) is 0 Å². The third kappa shape index (κ3) is 3.26. The molecule has 1 heterocycles. The standard InChI is InChI=1S/C18H22N2O2S/c1-15-8-9-17(14-16(15)2)19-10-12-20(13-11-19)23(21,22)18-6-4-3-5-7-18/h3-9,14H,10-13H2,1-2H3. The van der Waals surface area contributed by atoms with Crippen molar-refractivity contribution in [2.45, 2.75) is 18.7 Å². The molecule has 0 aromatic heterocycles. The van der Waals surface area contributed by atoms with Crippen LogP contribution >= 0.6 is 0 Å². The quantitative estimate of drug-likeness (QED) is 0.869. The van der Waals surface area contributed by atoms with Crippen LogP contribution in [0.3, 0.4) is 0 Å². The molecule has 3 rings (SSSR count). The van der Waals surface area contributed by atoms with Crippen molar-refractivity contribution in [2.24, 2.45) is 0 Å². The Hall–Kier alpha value is -1.85. The summed E-state index contributed by atoms with van der Waals surface area (Å²) in [5.41, 5.74) is 3.71. The first kappa shape index (κ1) is 16.0. The number of nitrogens with zero attached hydrogens (tertiary/aromatic N) is 2. The van der Waals surface area contributed by atoms with Crippen LogP contribution < -0.4 is 4.90 Å². The molecule has 0 saturated carbocycles. The Morgan fingerprint density at radius 1 is 0.826 bits per heavy atom. The van der Waals surface area contributed by atoms with Gasteiger partial charge in [0.25, 0.3) is 0 Å². The van der Waals surface area contributed by atoms with Gasteiger partial charge in [0.05, 0.1) is 4.90 Å². The number of benzene rings is 2. The van der Waals surface area contributed by atoms with E-state index >= 15 is 0 Å². The van der Waals surface area contributed by atoms with Crippen LogP contribution in [-0.2, 0) is 10.0 Å². The number of piperazine rings is 1. The lowest BCUT2D eigenvalue weighted by Crippen LogP contribution is -2.48. The fourth-order valence-electron chi connectivity index (χ4n) is 2.85. The summed E-state index contributed by atoms with van der Waals surface area (Å²) in [5, 5.41) is 0. The fraction of sp³-hybridized carbons (Fsp3) is 0.333. The van der Waals surface area contributed by atoms with Gasteiger partial charge in [0.2, 0.25) is 10.0 Å². The predicted molar refractivity (Wildman–Crippen MR) is 93.3 cm³/mol. The van der Waals surface area contributed by atoms with Gasteiger partial charge in [-0.1, -0.05) is 24.3 Å². The van der Waals surface area contributed by atoms with Crippen LogP contribution in [0.1, 0.15) is 11.1 Å². The molecule has 2 aromatic rings. The zero-order valence-corrected chi connectivity index (χ0v) is 14.4. The summed E-state index contributed by atoms with van der Waals surface area (Å²) in [4.78, 5) is 2.63. The van der Waals surface area contributed by atoms with E-state index in [-0.39, 0.29) is 0 Å². The van der Waals surface area contributed by atoms with Crippen molar-refractivity contribution in [1.29, 1.82) is 0 Å². The Morgan fingerprint density at radius 2 is 1.48 bits per heavy atom. The molecule has 2 aromatic carbocycles. The molecule has 5 heteroatoms. The van der Waals surface area contributed by atoms with E-state index in [4.69, 9.17) is 0 Å². The van der Waals surface area contributed by atoms with Gasteiger partial charge in [-0.25, -0.2) is 8.42 Å². The molecule has 0 atom stereocenters. The van der Waals surface area contributed by atoms with E-state index in [2.05, 4.69) is 36.9 Å². The van der Waals surface area contributed by atoms with E-state index in [0.29, 0.717) is 31.1 Å². The highest BCUT2D eigenvalue weighted by Gasteiger charge is 2.28. The molecule has 122 valence electrons. The second-order valence-corrected chi connectivity index (χ2v) is 7.91. The number of hydrogen-bond donors (Lipinski definition) is 0. The van der Waals surface area contributed by atoms with Crippen molar-refractivity contribution in [3.05, 3.63) is 59.7 Å². The molecule has 1 saturated heterocycles. The highest BCUT2D eigenvalue weighted by molar-refractivity contribution is 7.89. The number of anilines is 1. The van der Waals surface area contributed by atoms with Crippen LogP contribution in [0.15, 0.2) is 53.4 Å². The van der Waals surface area contributed by atoms with Gasteiger partial charge in [-0.3, -0.25) is 0 Å². The second kappa shape index (κ2) is 6.34. The molecule has 0 aliphatic carbocycles. The number of sulfonamides is 1. The first-order valence-electron chi connectivity index (χ1n) is 7.86. The Balaban J connectivity index is 1.72. The first-order chi connectivity index (χ1) is 11.0. The fourth-order valence-corrected chi connectivity index (χ4v) is 4.29. The van der Waals surface area contributed by atoms with E-state index in [0.717, 1.165) is 0 Å². The highest BCUT2D eigenvalue weighted by atomic mass is 32.2. The molecule has 1 aliphatic heterocycles. The summed E-state index contributed by atoms with van der Waals surface area (Å²) >= 11 is 0. The van der Waals surface area contributed by atoms with Crippen LogP contribution in [0, 0.1) is 13.8 Å². The van der Waals surface area contributed by atoms with Crippen LogP contribution in [0.4, 0.5) is 5.69 Å². The molecule has 0 spiro atoms. The number of aryl methyl sites for hydroxylation is 2. The Labute approximate surface area is 138 Å². The smallest absolute Gasteiger partial charge is 0.243 e. The third-order valence-corrected chi connectivity index (χ3v) is 6.39. The largest absolute Gasteiger partial charge is 0.369 e. The van der Waals surface area contributed by atoms with Crippen LogP contribution in [0.2, 0.25) is 0 Å². The maximum absolute atomic E-state index is 12.6. The van der Waals surface area contributed by atoms with Crippen molar-refractivity contribution in [1.82, 2.24) is 4.31 Å². The normalized spacial score (nSPS) is 16.5. The Bertz CT molecular complexity index is 780. The van der Waals surface area contributed by atoms with Crippen molar-refractivity contribution in [2.75, 3.05) is 31.1 Å². The van der Waals surface area contributed by atoms with Gasteiger partial charge in [-0.2, -0.15) is 4.31 Å². The molecule has 0 N–H and O–H groups in total. The monoisotopic (exact) mass is 330 g/mol. The van der Waals surface area contributed by atoms with Crippen molar-refractivity contribution >= 4 is 15.7 Å². The van der Waals surface area contributed by atoms with E-state index < -0.39 is 10.0 Å². The van der Waals surface area contributed by atoms with Crippen molar-refractivity contribution < 1.29 is 8.42 Å². The molecule has 0 amide bonds. The van der Waals surface area contributed by atoms with Gasteiger partial charge in [0.15, 0.2) is 0 Å². The molecule has 23 heavy (non-hydrogen) atoms. The molecule has 0 bridgehead atoms. The molecular formula is C18H22N2O2S. The minimum Gasteiger partial charge on any atom is -0.369 e. The minimum atomic E-state index is -3.38. The lowest BCUT2D eigenvalue weighted by molar-refractivity contribution is 0.385. The van der Waals surface area contributed by atoms with Crippen molar-refractivity contribution in [3.63, 3.8) is 0 Å². The van der Waals surface area contributed by atoms with E-state index in [1.807, 2.05) is 6.07 Å². The highest BCUT2D eigenvalue weighted by Crippen LogP contribution is 2.22. The average molecular weight is 330 g/mol. The maximum Gasteiger partial charge on any atom is 0.243 e. The van der Waals surface area contributed by atoms with E-state index in [9.17, 15) is 8.42 Å². The van der Waals surface area contributed by atoms with Crippen LogP contribution in [0.5, 0.6) is 0 Å². The zero-order valence-electron chi connectivity index (χ0n) is 13.6. The number of rotatable bonds is 3. The Kier molecular flexibility index (Phi) is 4.41. The summed E-state index contributed by atoms with van der Waals surface area (Å²) < 4.78 is 26.9. The summed E-state index contributed by atoms with van der Waals surface area (Å²) in [7, 11) is -3.38. The SMILES string of the molecule is Cc1ccc(N2CCN(S(=O)(=O)c3ccccc3)CC2)cc1C.